The van der Waals surface area contributed by atoms with Crippen molar-refractivity contribution >= 4 is 11.8 Å². The molecule has 0 spiro atoms. The van der Waals surface area contributed by atoms with Crippen LogP contribution in [-0.4, -0.2) is 38.0 Å². The van der Waals surface area contributed by atoms with Gasteiger partial charge in [-0.1, -0.05) is 0 Å². The third-order valence-corrected chi connectivity index (χ3v) is 1.56. The Bertz CT molecular complexity index is 163. The Morgan fingerprint density at radius 3 is 2.14 bits per heavy atom. The van der Waals surface area contributed by atoms with Gasteiger partial charge in [0.2, 0.25) is 11.8 Å². The number of hydrogen-bond acceptors (Lipinski definition) is 3. The van der Waals surface area contributed by atoms with Crippen molar-refractivity contribution in [3.05, 3.63) is 0 Å². The van der Waals surface area contributed by atoms with E-state index >= 15 is 0 Å². The van der Waals surface area contributed by atoms with E-state index in [0.29, 0.717) is 26.1 Å². The Balaban J connectivity index is 3.28. The lowest BCUT2D eigenvalue weighted by atomic mass is 10.4. The van der Waals surface area contributed by atoms with Crippen LogP contribution in [0.2, 0.25) is 0 Å². The molecule has 0 aliphatic carbocycles. The molecular weight excluding hydrogens is 182 g/mol. The number of hydrogen-bond donors (Lipinski definition) is 3. The van der Waals surface area contributed by atoms with Gasteiger partial charge in [-0.3, -0.25) is 9.59 Å². The lowest BCUT2D eigenvalue weighted by Crippen LogP contribution is -2.35. The highest BCUT2D eigenvalue weighted by Gasteiger charge is 2.00. The van der Waals surface area contributed by atoms with E-state index < -0.39 is 0 Å². The summed E-state index contributed by atoms with van der Waals surface area (Å²) in [5.74, 6) is -0.0284. The van der Waals surface area contributed by atoms with Crippen LogP contribution in [0.15, 0.2) is 0 Å². The zero-order valence-corrected chi connectivity index (χ0v) is 8.85. The molecule has 0 bridgehead atoms. The molecule has 3 N–H and O–H groups in total. The molecule has 0 radical (unpaired) electrons. The molecule has 0 saturated carbocycles. The first-order chi connectivity index (χ1) is 6.70. The van der Waals surface area contributed by atoms with E-state index in [0.717, 1.165) is 0 Å². The van der Waals surface area contributed by atoms with Crippen LogP contribution in [0.4, 0.5) is 0 Å². The second-order valence-electron chi connectivity index (χ2n) is 2.83. The molecule has 0 aromatic carbocycles. The van der Waals surface area contributed by atoms with Gasteiger partial charge in [0.25, 0.3) is 0 Å². The Kier molecular flexibility index (Phi) is 7.83. The summed E-state index contributed by atoms with van der Waals surface area (Å²) in [7, 11) is 0. The maximum atomic E-state index is 11.0. The largest absolute Gasteiger partial charge is 0.356 e. The Morgan fingerprint density at radius 1 is 1.00 bits per heavy atom. The van der Waals surface area contributed by atoms with Gasteiger partial charge < -0.3 is 16.0 Å². The van der Waals surface area contributed by atoms with E-state index in [9.17, 15) is 9.59 Å². The maximum absolute atomic E-state index is 11.0. The fourth-order valence-electron chi connectivity index (χ4n) is 0.949. The van der Waals surface area contributed by atoms with E-state index in [4.69, 9.17) is 0 Å². The monoisotopic (exact) mass is 201 g/mol. The summed E-state index contributed by atoms with van der Waals surface area (Å²) in [6.45, 7) is 5.83. The number of carbonyl (C=O) groups excluding carboxylic acids is 2. The lowest BCUT2D eigenvalue weighted by Gasteiger charge is -2.04. The molecular formula is C9H19N3O2. The molecule has 82 valence electrons. The van der Waals surface area contributed by atoms with Crippen LogP contribution >= 0.6 is 0 Å². The van der Waals surface area contributed by atoms with E-state index in [1.54, 1.807) is 0 Å². The van der Waals surface area contributed by atoms with Crippen molar-refractivity contribution in [1.82, 2.24) is 16.0 Å². The molecule has 0 aromatic heterocycles. The molecule has 14 heavy (non-hydrogen) atoms. The summed E-state index contributed by atoms with van der Waals surface area (Å²) in [6, 6.07) is 0. The van der Waals surface area contributed by atoms with Crippen molar-refractivity contribution in [1.29, 1.82) is 0 Å². The molecule has 0 aliphatic heterocycles. The van der Waals surface area contributed by atoms with Gasteiger partial charge in [0.15, 0.2) is 0 Å². The summed E-state index contributed by atoms with van der Waals surface area (Å²) in [4.78, 5) is 21.9. The van der Waals surface area contributed by atoms with Gasteiger partial charge in [-0.25, -0.2) is 0 Å². The Morgan fingerprint density at radius 2 is 1.57 bits per heavy atom. The molecule has 0 unspecified atom stereocenters. The number of rotatable bonds is 7. The van der Waals surface area contributed by atoms with Gasteiger partial charge in [0.05, 0.1) is 6.54 Å². The van der Waals surface area contributed by atoms with Crippen LogP contribution in [0, 0.1) is 0 Å². The normalized spacial score (nSPS) is 9.57. The molecule has 0 heterocycles. The third-order valence-electron chi connectivity index (χ3n) is 1.56. The van der Waals surface area contributed by atoms with Gasteiger partial charge in [-0.2, -0.15) is 0 Å². The average Bonchev–Trinajstić information content (AvgIpc) is 2.13. The van der Waals surface area contributed by atoms with E-state index in [1.807, 2.05) is 13.8 Å². The molecule has 0 atom stereocenters. The van der Waals surface area contributed by atoms with Gasteiger partial charge in [0, 0.05) is 26.1 Å². The molecule has 5 heteroatoms. The third kappa shape index (κ3) is 7.54. The van der Waals surface area contributed by atoms with Crippen LogP contribution in [0.1, 0.15) is 20.3 Å². The van der Waals surface area contributed by atoms with Crippen molar-refractivity contribution in [2.45, 2.75) is 20.3 Å². The first kappa shape index (κ1) is 12.9. The van der Waals surface area contributed by atoms with Crippen LogP contribution in [0.25, 0.3) is 0 Å². The summed E-state index contributed by atoms with van der Waals surface area (Å²) in [5, 5.41) is 8.22. The van der Waals surface area contributed by atoms with Gasteiger partial charge in [-0.15, -0.1) is 0 Å². The van der Waals surface area contributed by atoms with Crippen molar-refractivity contribution in [2.75, 3.05) is 26.2 Å². The fourth-order valence-corrected chi connectivity index (χ4v) is 0.949. The zero-order valence-electron chi connectivity index (χ0n) is 8.85. The smallest absolute Gasteiger partial charge is 0.233 e. The molecule has 0 aromatic rings. The quantitative estimate of drug-likeness (QED) is 0.474. The van der Waals surface area contributed by atoms with E-state index in [-0.39, 0.29) is 18.4 Å². The topological polar surface area (TPSA) is 70.2 Å². The molecule has 0 rings (SSSR count). The van der Waals surface area contributed by atoms with Crippen molar-refractivity contribution in [3.63, 3.8) is 0 Å². The van der Waals surface area contributed by atoms with Crippen LogP contribution in [0.3, 0.4) is 0 Å². The molecule has 0 fully saturated rings. The van der Waals surface area contributed by atoms with Crippen molar-refractivity contribution in [3.8, 4) is 0 Å². The highest BCUT2D eigenvalue weighted by atomic mass is 16.2. The predicted octanol–water partition coefficient (Wildman–Crippen LogP) is -0.762. The second-order valence-corrected chi connectivity index (χ2v) is 2.83. The summed E-state index contributed by atoms with van der Waals surface area (Å²) >= 11 is 0. The minimum atomic E-state index is -0.0385. The highest BCUT2D eigenvalue weighted by Crippen LogP contribution is 1.76. The predicted molar refractivity (Wildman–Crippen MR) is 54.9 cm³/mol. The minimum Gasteiger partial charge on any atom is -0.356 e. The van der Waals surface area contributed by atoms with Crippen LogP contribution in [0.5, 0.6) is 0 Å². The second kappa shape index (κ2) is 8.50. The molecule has 0 aliphatic rings. The maximum Gasteiger partial charge on any atom is 0.233 e. The summed E-state index contributed by atoms with van der Waals surface area (Å²) in [6.07, 6.45) is 0.410. The Labute approximate surface area is 84.6 Å². The highest BCUT2D eigenvalue weighted by molar-refractivity contribution is 5.78. The first-order valence-electron chi connectivity index (χ1n) is 4.94. The van der Waals surface area contributed by atoms with Gasteiger partial charge in [0.1, 0.15) is 0 Å². The number of carbonyl (C=O) groups is 2. The number of amides is 2. The lowest BCUT2D eigenvalue weighted by molar-refractivity contribution is -0.122. The number of likely N-dealkylation sites (N-methyl/N-ethyl adjacent to an activating group) is 1. The Hall–Kier alpha value is -1.10. The van der Waals surface area contributed by atoms with Crippen molar-refractivity contribution < 1.29 is 9.59 Å². The fraction of sp³-hybridized carbons (Fsp3) is 0.778. The SMILES string of the molecule is CCNC(=O)CCNCC(=O)NCC. The molecule has 0 saturated heterocycles. The van der Waals surface area contributed by atoms with E-state index in [2.05, 4.69) is 16.0 Å². The molecule has 2 amide bonds. The summed E-state index contributed by atoms with van der Waals surface area (Å²) in [5.41, 5.74) is 0. The molecule has 5 nitrogen and oxygen atoms in total. The minimum absolute atomic E-state index is 0.0101. The van der Waals surface area contributed by atoms with Gasteiger partial charge >= 0.3 is 0 Å². The first-order valence-corrected chi connectivity index (χ1v) is 4.94. The standard InChI is InChI=1S/C9H19N3O2/c1-3-11-8(13)5-6-10-7-9(14)12-4-2/h10H,3-7H2,1-2H3,(H,11,13)(H,12,14). The number of nitrogens with one attached hydrogen (secondary N) is 3. The van der Waals surface area contributed by atoms with Crippen LogP contribution < -0.4 is 16.0 Å². The zero-order chi connectivity index (χ0) is 10.8. The summed E-state index contributed by atoms with van der Waals surface area (Å²) < 4.78 is 0. The average molecular weight is 201 g/mol. The van der Waals surface area contributed by atoms with Crippen molar-refractivity contribution in [2.24, 2.45) is 0 Å². The van der Waals surface area contributed by atoms with E-state index in [1.165, 1.54) is 0 Å². The van der Waals surface area contributed by atoms with Crippen LogP contribution in [-0.2, 0) is 9.59 Å². The van der Waals surface area contributed by atoms with Gasteiger partial charge in [-0.05, 0) is 13.8 Å².